The SMILES string of the molecule is COc1ccc(F)cc1CN1CCN(S(=O)(=O)c2ccc(S(=O)(=O)N3CCCC3)cc2)CC1. The van der Waals surface area contributed by atoms with Crippen molar-refractivity contribution >= 4 is 20.0 Å². The van der Waals surface area contributed by atoms with Gasteiger partial charge in [-0.1, -0.05) is 0 Å². The van der Waals surface area contributed by atoms with Gasteiger partial charge in [-0.2, -0.15) is 8.61 Å². The zero-order valence-corrected chi connectivity index (χ0v) is 20.1. The average Bonchev–Trinajstić information content (AvgIpc) is 3.36. The van der Waals surface area contributed by atoms with Gasteiger partial charge in [0.2, 0.25) is 20.0 Å². The van der Waals surface area contributed by atoms with Crippen LogP contribution in [0.15, 0.2) is 52.3 Å². The Morgan fingerprint density at radius 1 is 0.788 bits per heavy atom. The normalized spacial score (nSPS) is 19.1. The quantitative estimate of drug-likeness (QED) is 0.583. The third-order valence-corrected chi connectivity index (χ3v) is 9.96. The molecular weight excluding hydrogens is 469 g/mol. The maximum absolute atomic E-state index is 13.6. The van der Waals surface area contributed by atoms with E-state index in [4.69, 9.17) is 4.74 Å². The van der Waals surface area contributed by atoms with Gasteiger partial charge in [-0.3, -0.25) is 4.90 Å². The van der Waals surface area contributed by atoms with E-state index < -0.39 is 20.0 Å². The molecule has 2 aromatic rings. The molecule has 0 atom stereocenters. The Labute approximate surface area is 194 Å². The Morgan fingerprint density at radius 3 is 1.82 bits per heavy atom. The van der Waals surface area contributed by atoms with Gasteiger partial charge in [-0.25, -0.2) is 21.2 Å². The highest BCUT2D eigenvalue weighted by molar-refractivity contribution is 7.89. The van der Waals surface area contributed by atoms with E-state index in [9.17, 15) is 21.2 Å². The van der Waals surface area contributed by atoms with Crippen LogP contribution in [0.4, 0.5) is 4.39 Å². The molecule has 4 rings (SSSR count). The zero-order valence-electron chi connectivity index (χ0n) is 18.5. The lowest BCUT2D eigenvalue weighted by Gasteiger charge is -2.34. The number of methoxy groups -OCH3 is 1. The second kappa shape index (κ2) is 9.67. The first-order valence-electron chi connectivity index (χ1n) is 10.9. The van der Waals surface area contributed by atoms with E-state index in [2.05, 4.69) is 4.90 Å². The maximum Gasteiger partial charge on any atom is 0.243 e. The summed E-state index contributed by atoms with van der Waals surface area (Å²) in [6, 6.07) is 9.82. The summed E-state index contributed by atoms with van der Waals surface area (Å²) in [5, 5.41) is 0. The van der Waals surface area contributed by atoms with Crippen molar-refractivity contribution in [2.24, 2.45) is 0 Å². The number of benzene rings is 2. The van der Waals surface area contributed by atoms with Crippen LogP contribution in [0.2, 0.25) is 0 Å². The van der Waals surface area contributed by atoms with Crippen molar-refractivity contribution in [1.29, 1.82) is 0 Å². The van der Waals surface area contributed by atoms with Gasteiger partial charge < -0.3 is 4.74 Å². The highest BCUT2D eigenvalue weighted by Gasteiger charge is 2.31. The number of nitrogens with zero attached hydrogens (tertiary/aromatic N) is 3. The van der Waals surface area contributed by atoms with Crippen LogP contribution in [0.3, 0.4) is 0 Å². The fraction of sp³-hybridized carbons (Fsp3) is 0.455. The molecule has 33 heavy (non-hydrogen) atoms. The van der Waals surface area contributed by atoms with E-state index in [1.54, 1.807) is 6.07 Å². The third kappa shape index (κ3) is 5.07. The van der Waals surface area contributed by atoms with Crippen molar-refractivity contribution in [3.8, 4) is 5.75 Å². The van der Waals surface area contributed by atoms with Gasteiger partial charge in [-0.15, -0.1) is 0 Å². The number of halogens is 1. The van der Waals surface area contributed by atoms with Gasteiger partial charge in [0.15, 0.2) is 0 Å². The van der Waals surface area contributed by atoms with Crippen molar-refractivity contribution in [3.63, 3.8) is 0 Å². The number of piperazine rings is 1. The van der Waals surface area contributed by atoms with E-state index >= 15 is 0 Å². The van der Waals surface area contributed by atoms with Crippen LogP contribution >= 0.6 is 0 Å². The van der Waals surface area contributed by atoms with Crippen molar-refractivity contribution in [1.82, 2.24) is 13.5 Å². The first-order valence-corrected chi connectivity index (χ1v) is 13.7. The molecule has 2 heterocycles. The molecule has 0 amide bonds. The molecule has 0 unspecified atom stereocenters. The van der Waals surface area contributed by atoms with E-state index in [1.165, 1.54) is 52.1 Å². The summed E-state index contributed by atoms with van der Waals surface area (Å²) in [7, 11) is -5.81. The molecule has 0 N–H and O–H groups in total. The maximum atomic E-state index is 13.6. The Kier molecular flexibility index (Phi) is 7.06. The summed E-state index contributed by atoms with van der Waals surface area (Å²) in [6.45, 7) is 2.99. The zero-order chi connectivity index (χ0) is 23.6. The molecule has 0 radical (unpaired) electrons. The van der Waals surface area contributed by atoms with Crippen LogP contribution in [0.5, 0.6) is 5.75 Å². The predicted molar refractivity (Wildman–Crippen MR) is 121 cm³/mol. The van der Waals surface area contributed by atoms with E-state index in [-0.39, 0.29) is 28.7 Å². The molecule has 2 saturated heterocycles. The molecule has 0 saturated carbocycles. The van der Waals surface area contributed by atoms with Gasteiger partial charge in [0, 0.05) is 51.4 Å². The standard InChI is InChI=1S/C22H28FN3O5S2/c1-31-22-9-4-19(23)16-18(22)17-24-12-14-26(15-13-24)33(29,30)21-7-5-20(6-8-21)32(27,28)25-10-2-3-11-25/h4-9,16H,2-3,10-15,17H2,1H3. The average molecular weight is 498 g/mol. The monoisotopic (exact) mass is 497 g/mol. The fourth-order valence-corrected chi connectivity index (χ4v) is 7.19. The molecule has 2 aromatic carbocycles. The Hall–Kier alpha value is -2.05. The van der Waals surface area contributed by atoms with Gasteiger partial charge in [-0.05, 0) is 55.3 Å². The molecule has 11 heteroatoms. The molecule has 0 aromatic heterocycles. The van der Waals surface area contributed by atoms with E-state index in [1.807, 2.05) is 0 Å². The lowest BCUT2D eigenvalue weighted by molar-refractivity contribution is 0.180. The topological polar surface area (TPSA) is 87.2 Å². The molecule has 0 aliphatic carbocycles. The van der Waals surface area contributed by atoms with Crippen molar-refractivity contribution in [2.75, 3.05) is 46.4 Å². The minimum atomic E-state index is -3.75. The Morgan fingerprint density at radius 2 is 1.30 bits per heavy atom. The fourth-order valence-electron chi connectivity index (χ4n) is 4.25. The lowest BCUT2D eigenvalue weighted by atomic mass is 10.1. The minimum Gasteiger partial charge on any atom is -0.496 e. The van der Waals surface area contributed by atoms with Crippen LogP contribution in [0, 0.1) is 5.82 Å². The molecule has 0 bridgehead atoms. The van der Waals surface area contributed by atoms with Gasteiger partial charge in [0.25, 0.3) is 0 Å². The molecular formula is C22H28FN3O5S2. The summed E-state index contributed by atoms with van der Waals surface area (Å²) in [4.78, 5) is 2.23. The van der Waals surface area contributed by atoms with Crippen LogP contribution in [-0.2, 0) is 26.6 Å². The van der Waals surface area contributed by atoms with E-state index in [0.29, 0.717) is 44.0 Å². The molecule has 180 valence electrons. The van der Waals surface area contributed by atoms with Crippen LogP contribution in [-0.4, -0.2) is 76.7 Å². The third-order valence-electron chi connectivity index (χ3n) is 6.13. The molecule has 2 aliphatic heterocycles. The second-order valence-electron chi connectivity index (χ2n) is 8.22. The van der Waals surface area contributed by atoms with Crippen LogP contribution in [0.25, 0.3) is 0 Å². The van der Waals surface area contributed by atoms with E-state index in [0.717, 1.165) is 12.8 Å². The summed E-state index contributed by atoms with van der Waals surface area (Å²) in [6.07, 6.45) is 1.67. The number of hydrogen-bond acceptors (Lipinski definition) is 6. The van der Waals surface area contributed by atoms with Gasteiger partial charge in [0.1, 0.15) is 11.6 Å². The van der Waals surface area contributed by atoms with Crippen molar-refractivity contribution in [3.05, 3.63) is 53.8 Å². The number of sulfonamides is 2. The largest absolute Gasteiger partial charge is 0.496 e. The molecule has 8 nitrogen and oxygen atoms in total. The molecule has 0 spiro atoms. The minimum absolute atomic E-state index is 0.0723. The molecule has 2 fully saturated rings. The summed E-state index contributed by atoms with van der Waals surface area (Å²) in [5.41, 5.74) is 0.712. The Bertz CT molecular complexity index is 1190. The highest BCUT2D eigenvalue weighted by Crippen LogP contribution is 2.25. The summed E-state index contributed by atoms with van der Waals surface area (Å²) >= 11 is 0. The number of rotatable bonds is 7. The predicted octanol–water partition coefficient (Wildman–Crippen LogP) is 2.13. The smallest absolute Gasteiger partial charge is 0.243 e. The lowest BCUT2D eigenvalue weighted by Crippen LogP contribution is -2.48. The summed E-state index contributed by atoms with van der Waals surface area (Å²) < 4.78 is 73.3. The highest BCUT2D eigenvalue weighted by atomic mass is 32.2. The second-order valence-corrected chi connectivity index (χ2v) is 12.1. The van der Waals surface area contributed by atoms with Crippen LogP contribution < -0.4 is 4.74 Å². The van der Waals surface area contributed by atoms with Gasteiger partial charge in [0.05, 0.1) is 16.9 Å². The first-order chi connectivity index (χ1) is 15.7. The van der Waals surface area contributed by atoms with Gasteiger partial charge >= 0.3 is 0 Å². The summed E-state index contributed by atoms with van der Waals surface area (Å²) in [5.74, 6) is 0.248. The number of ether oxygens (including phenoxy) is 1. The first kappa shape index (κ1) is 24.1. The van der Waals surface area contributed by atoms with Crippen molar-refractivity contribution in [2.45, 2.75) is 29.2 Å². The molecule has 2 aliphatic rings. The Balaban J connectivity index is 1.41. The number of hydrogen-bond donors (Lipinski definition) is 0. The van der Waals surface area contributed by atoms with Crippen molar-refractivity contribution < 1.29 is 26.0 Å². The van der Waals surface area contributed by atoms with Crippen LogP contribution in [0.1, 0.15) is 18.4 Å².